The zero-order valence-electron chi connectivity index (χ0n) is 14.3. The van der Waals surface area contributed by atoms with Crippen LogP contribution in [-0.2, 0) is 12.8 Å². The van der Waals surface area contributed by atoms with Gasteiger partial charge in [-0.1, -0.05) is 6.07 Å². The lowest BCUT2D eigenvalue weighted by Gasteiger charge is -2.07. The molecule has 0 fully saturated rings. The maximum atomic E-state index is 12.6. The summed E-state index contributed by atoms with van der Waals surface area (Å²) in [5, 5.41) is 6.34. The molecule has 6 heteroatoms. The third kappa shape index (κ3) is 3.28. The van der Waals surface area contributed by atoms with Crippen molar-refractivity contribution >= 4 is 33.8 Å². The number of thiophene rings is 1. The molecule has 1 aliphatic carbocycles. The van der Waals surface area contributed by atoms with E-state index < -0.39 is 0 Å². The van der Waals surface area contributed by atoms with E-state index >= 15 is 0 Å². The number of amides is 2. The van der Waals surface area contributed by atoms with E-state index in [4.69, 9.17) is 4.42 Å². The second kappa shape index (κ2) is 6.80. The Bertz CT molecular complexity index is 973. The van der Waals surface area contributed by atoms with Crippen molar-refractivity contribution in [2.24, 2.45) is 0 Å². The molecule has 1 aromatic carbocycles. The van der Waals surface area contributed by atoms with Gasteiger partial charge in [-0.05, 0) is 73.2 Å². The molecule has 2 aromatic heterocycles. The molecule has 2 heterocycles. The Kier molecular flexibility index (Phi) is 4.34. The second-order valence-electron chi connectivity index (χ2n) is 6.35. The molecule has 0 spiro atoms. The number of rotatable bonds is 4. The standard InChI is InChI=1S/C20H18N2O3S/c1-12-10-17(22-19(23)16-6-3-9-25-16)26-18(12)20(24)21-15-8-7-13-4-2-5-14(13)11-15/h3,6-11H,2,4-5H2,1H3,(H,21,24)(H,22,23). The van der Waals surface area contributed by atoms with Gasteiger partial charge in [-0.25, -0.2) is 0 Å². The Labute approximate surface area is 155 Å². The van der Waals surface area contributed by atoms with E-state index in [0.717, 1.165) is 24.1 Å². The average Bonchev–Trinajstić information content (AvgIpc) is 3.34. The van der Waals surface area contributed by atoms with E-state index in [-0.39, 0.29) is 17.6 Å². The van der Waals surface area contributed by atoms with Gasteiger partial charge in [0.1, 0.15) is 0 Å². The van der Waals surface area contributed by atoms with Crippen molar-refractivity contribution in [1.82, 2.24) is 0 Å². The van der Waals surface area contributed by atoms with Crippen LogP contribution in [0.3, 0.4) is 0 Å². The third-order valence-corrected chi connectivity index (χ3v) is 5.61. The molecule has 5 nitrogen and oxygen atoms in total. The van der Waals surface area contributed by atoms with Crippen molar-refractivity contribution < 1.29 is 14.0 Å². The van der Waals surface area contributed by atoms with Crippen molar-refractivity contribution in [3.8, 4) is 0 Å². The number of aryl methyl sites for hydroxylation is 3. The van der Waals surface area contributed by atoms with Crippen LogP contribution in [0.15, 0.2) is 47.1 Å². The number of anilines is 2. The molecule has 132 valence electrons. The van der Waals surface area contributed by atoms with E-state index in [9.17, 15) is 9.59 Å². The number of furan rings is 1. The van der Waals surface area contributed by atoms with Gasteiger partial charge < -0.3 is 15.1 Å². The highest BCUT2D eigenvalue weighted by molar-refractivity contribution is 7.18. The first kappa shape index (κ1) is 16.6. The minimum absolute atomic E-state index is 0.163. The number of fused-ring (bicyclic) bond motifs is 1. The predicted octanol–water partition coefficient (Wildman–Crippen LogP) is 4.64. The maximum Gasteiger partial charge on any atom is 0.291 e. The first-order chi connectivity index (χ1) is 12.6. The third-order valence-electron chi connectivity index (χ3n) is 4.46. The highest BCUT2D eigenvalue weighted by Gasteiger charge is 2.18. The molecule has 0 bridgehead atoms. The number of carbonyl (C=O) groups is 2. The SMILES string of the molecule is Cc1cc(NC(=O)c2ccco2)sc1C(=O)Nc1ccc2c(c1)CCC2. The fourth-order valence-corrected chi connectivity index (χ4v) is 4.15. The van der Waals surface area contributed by atoms with E-state index in [1.165, 1.54) is 35.1 Å². The molecule has 2 N–H and O–H groups in total. The largest absolute Gasteiger partial charge is 0.459 e. The Hall–Kier alpha value is -2.86. The van der Waals surface area contributed by atoms with Gasteiger partial charge in [-0.2, -0.15) is 0 Å². The molecule has 0 saturated heterocycles. The van der Waals surface area contributed by atoms with Crippen molar-refractivity contribution in [2.75, 3.05) is 10.6 Å². The van der Waals surface area contributed by atoms with Gasteiger partial charge in [0.15, 0.2) is 5.76 Å². The minimum Gasteiger partial charge on any atom is -0.459 e. The van der Waals surface area contributed by atoms with Gasteiger partial charge in [-0.3, -0.25) is 9.59 Å². The Morgan fingerprint density at radius 2 is 1.88 bits per heavy atom. The summed E-state index contributed by atoms with van der Waals surface area (Å²) in [6, 6.07) is 11.1. The normalized spacial score (nSPS) is 12.7. The first-order valence-corrected chi connectivity index (χ1v) is 9.30. The van der Waals surface area contributed by atoms with Crippen LogP contribution in [0.1, 0.15) is 43.3 Å². The first-order valence-electron chi connectivity index (χ1n) is 8.48. The highest BCUT2D eigenvalue weighted by atomic mass is 32.1. The zero-order chi connectivity index (χ0) is 18.1. The van der Waals surface area contributed by atoms with Crippen molar-refractivity contribution in [2.45, 2.75) is 26.2 Å². The van der Waals surface area contributed by atoms with Gasteiger partial charge in [0.05, 0.1) is 16.1 Å². The molecule has 0 saturated carbocycles. The van der Waals surface area contributed by atoms with Crippen LogP contribution in [-0.4, -0.2) is 11.8 Å². The smallest absolute Gasteiger partial charge is 0.291 e. The monoisotopic (exact) mass is 366 g/mol. The Morgan fingerprint density at radius 1 is 1.04 bits per heavy atom. The average molecular weight is 366 g/mol. The van der Waals surface area contributed by atoms with Gasteiger partial charge in [0.25, 0.3) is 11.8 Å². The summed E-state index contributed by atoms with van der Waals surface area (Å²) in [4.78, 5) is 25.3. The minimum atomic E-state index is -0.332. The summed E-state index contributed by atoms with van der Waals surface area (Å²) in [5.41, 5.74) is 4.32. The summed E-state index contributed by atoms with van der Waals surface area (Å²) in [5.74, 6) is -0.258. The number of benzene rings is 1. The van der Waals surface area contributed by atoms with Crippen LogP contribution < -0.4 is 10.6 Å². The van der Waals surface area contributed by atoms with Gasteiger partial charge >= 0.3 is 0 Å². The van der Waals surface area contributed by atoms with E-state index in [0.29, 0.717) is 9.88 Å². The topological polar surface area (TPSA) is 71.3 Å². The molecule has 0 aliphatic heterocycles. The van der Waals surface area contributed by atoms with Crippen LogP contribution in [0.4, 0.5) is 10.7 Å². The molecule has 2 amide bonds. The van der Waals surface area contributed by atoms with Crippen LogP contribution in [0.25, 0.3) is 0 Å². The molecular formula is C20H18N2O3S. The molecule has 0 atom stereocenters. The van der Waals surface area contributed by atoms with Gasteiger partial charge in [-0.15, -0.1) is 11.3 Å². The molecule has 4 rings (SSSR count). The van der Waals surface area contributed by atoms with Crippen LogP contribution >= 0.6 is 11.3 Å². The number of hydrogen-bond donors (Lipinski definition) is 2. The summed E-state index contributed by atoms with van der Waals surface area (Å²) in [6.45, 7) is 1.86. The number of nitrogens with one attached hydrogen (secondary N) is 2. The second-order valence-corrected chi connectivity index (χ2v) is 7.40. The zero-order valence-corrected chi connectivity index (χ0v) is 15.1. The lowest BCUT2D eigenvalue weighted by molar-refractivity contribution is 0.0995. The molecule has 1 aliphatic rings. The Balaban J connectivity index is 1.48. The van der Waals surface area contributed by atoms with E-state index in [2.05, 4.69) is 22.8 Å². The lowest BCUT2D eigenvalue weighted by atomic mass is 10.1. The fourth-order valence-electron chi connectivity index (χ4n) is 3.19. The van der Waals surface area contributed by atoms with E-state index in [1.54, 1.807) is 18.2 Å². The summed E-state index contributed by atoms with van der Waals surface area (Å²) >= 11 is 1.25. The van der Waals surface area contributed by atoms with Crippen molar-refractivity contribution in [3.63, 3.8) is 0 Å². The Morgan fingerprint density at radius 3 is 2.69 bits per heavy atom. The van der Waals surface area contributed by atoms with Crippen LogP contribution in [0.5, 0.6) is 0 Å². The van der Waals surface area contributed by atoms with Gasteiger partial charge in [0, 0.05) is 5.69 Å². The van der Waals surface area contributed by atoms with E-state index in [1.807, 2.05) is 13.0 Å². The maximum absolute atomic E-state index is 12.6. The van der Waals surface area contributed by atoms with Gasteiger partial charge in [0.2, 0.25) is 0 Å². The van der Waals surface area contributed by atoms with Crippen molar-refractivity contribution in [3.05, 3.63) is 70.0 Å². The fraction of sp³-hybridized carbons (Fsp3) is 0.200. The highest BCUT2D eigenvalue weighted by Crippen LogP contribution is 2.29. The summed E-state index contributed by atoms with van der Waals surface area (Å²) in [6.07, 6.45) is 4.81. The van der Waals surface area contributed by atoms with Crippen LogP contribution in [0, 0.1) is 6.92 Å². The number of carbonyl (C=O) groups excluding carboxylic acids is 2. The number of hydrogen-bond acceptors (Lipinski definition) is 4. The summed E-state index contributed by atoms with van der Waals surface area (Å²) < 4.78 is 5.08. The summed E-state index contributed by atoms with van der Waals surface area (Å²) in [7, 11) is 0. The molecule has 0 unspecified atom stereocenters. The lowest BCUT2D eigenvalue weighted by Crippen LogP contribution is -2.11. The van der Waals surface area contributed by atoms with Crippen molar-refractivity contribution in [1.29, 1.82) is 0 Å². The van der Waals surface area contributed by atoms with Crippen LogP contribution in [0.2, 0.25) is 0 Å². The predicted molar refractivity (Wildman–Crippen MR) is 102 cm³/mol. The molecule has 3 aromatic rings. The molecule has 0 radical (unpaired) electrons. The molecular weight excluding hydrogens is 348 g/mol. The quantitative estimate of drug-likeness (QED) is 0.706. The molecule has 26 heavy (non-hydrogen) atoms.